The predicted octanol–water partition coefficient (Wildman–Crippen LogP) is 3.73. The Morgan fingerprint density at radius 3 is 2.68 bits per heavy atom. The molecule has 2 atom stereocenters. The summed E-state index contributed by atoms with van der Waals surface area (Å²) in [4.78, 5) is 19.4. The third-order valence-corrected chi connectivity index (χ3v) is 5.99. The molecule has 2 heterocycles. The second-order valence-corrected chi connectivity index (χ2v) is 9.52. The van der Waals surface area contributed by atoms with Gasteiger partial charge in [-0.15, -0.1) is 12.8 Å². The minimum Gasteiger partial charge on any atom is -0.471 e. The number of terminal acetylenes is 1. The van der Waals surface area contributed by atoms with Gasteiger partial charge in [-0.2, -0.15) is 0 Å². The van der Waals surface area contributed by atoms with Crippen molar-refractivity contribution < 1.29 is 18.1 Å². The smallest absolute Gasteiger partial charge is 0.259 e. The van der Waals surface area contributed by atoms with E-state index in [0.717, 1.165) is 0 Å². The Morgan fingerprint density at radius 2 is 2.06 bits per heavy atom. The molecule has 1 amide bonds. The van der Waals surface area contributed by atoms with Crippen LogP contribution in [0.2, 0.25) is 0 Å². The maximum atomic E-state index is 14.6. The Balaban J connectivity index is 0.00000199. The highest BCUT2D eigenvalue weighted by atomic mass is 32.2. The Morgan fingerprint density at radius 1 is 1.35 bits per heavy atom. The molecule has 0 radical (unpaired) electrons. The van der Waals surface area contributed by atoms with Crippen LogP contribution >= 0.6 is 0 Å². The van der Waals surface area contributed by atoms with Crippen molar-refractivity contribution in [2.75, 3.05) is 24.2 Å². The maximum Gasteiger partial charge on any atom is 0.259 e. The highest BCUT2D eigenvalue weighted by Crippen LogP contribution is 2.39. The van der Waals surface area contributed by atoms with Crippen LogP contribution in [0.5, 0.6) is 5.88 Å². The van der Waals surface area contributed by atoms with E-state index in [1.165, 1.54) is 12.3 Å². The summed E-state index contributed by atoms with van der Waals surface area (Å²) in [6.07, 6.45) is 11.6. The van der Waals surface area contributed by atoms with Crippen molar-refractivity contribution in [2.24, 2.45) is 0 Å². The second-order valence-electron chi connectivity index (χ2n) is 8.38. The van der Waals surface area contributed by atoms with Crippen molar-refractivity contribution in [3.05, 3.63) is 53.0 Å². The number of hydrogen-bond acceptors (Lipinski definition) is 5. The number of ether oxygens (including phenoxy) is 1. The fourth-order valence-corrected chi connectivity index (χ4v) is 4.55. The van der Waals surface area contributed by atoms with Gasteiger partial charge in [0.05, 0.1) is 28.3 Å². The molecule has 1 aliphatic rings. The molecule has 7 nitrogen and oxygen atoms in total. The number of benzene rings is 1. The summed E-state index contributed by atoms with van der Waals surface area (Å²) < 4.78 is 35.5. The monoisotopic (exact) mass is 488 g/mol. The Bertz CT molecular complexity index is 1060. The van der Waals surface area contributed by atoms with Gasteiger partial charge in [-0.1, -0.05) is 13.0 Å². The van der Waals surface area contributed by atoms with Crippen LogP contribution in [0.25, 0.3) is 0 Å². The van der Waals surface area contributed by atoms with E-state index in [1.54, 1.807) is 29.4 Å². The molecule has 0 bridgehead atoms. The van der Waals surface area contributed by atoms with Crippen molar-refractivity contribution in [3.63, 3.8) is 0 Å². The Kier molecular flexibility index (Phi) is 9.74. The molecule has 1 unspecified atom stereocenters. The number of aromatic nitrogens is 1. The number of fused-ring (bicyclic) bond motifs is 1. The number of nitrogens with one attached hydrogen (secondary N) is 2. The van der Waals surface area contributed by atoms with E-state index in [1.807, 2.05) is 27.7 Å². The fraction of sp³-hybridized carbons (Fsp3) is 0.440. The molecule has 2 aromatic rings. The summed E-state index contributed by atoms with van der Waals surface area (Å²) in [6, 6.07) is 6.21. The van der Waals surface area contributed by atoms with Gasteiger partial charge in [-0.25, -0.2) is 18.3 Å². The van der Waals surface area contributed by atoms with E-state index in [0.29, 0.717) is 54.3 Å². The molecule has 3 rings (SSSR count). The molecule has 1 aliphatic heterocycles. The summed E-state index contributed by atoms with van der Waals surface area (Å²) in [5.41, 5.74) is 1.54. The molecule has 0 aliphatic carbocycles. The van der Waals surface area contributed by atoms with Gasteiger partial charge in [0.25, 0.3) is 5.91 Å². The average molecular weight is 489 g/mol. The molecule has 34 heavy (non-hydrogen) atoms. The number of carbonyl (C=O) groups excluding carboxylic acids is 1. The van der Waals surface area contributed by atoms with E-state index >= 15 is 0 Å². The van der Waals surface area contributed by atoms with Gasteiger partial charge in [0.2, 0.25) is 5.88 Å². The molecular weight excluding hydrogens is 455 g/mol. The molecule has 0 saturated carbocycles. The van der Waals surface area contributed by atoms with E-state index in [2.05, 4.69) is 27.9 Å². The SMILES string of the molecule is C#C.CCNCc1c(F)cccc1N(CC)C(=O)c1cnc2c(c1)[C@@H](NS(C)=O)CC(C)(C)O2. The lowest BCUT2D eigenvalue weighted by molar-refractivity contribution is 0.0642. The van der Waals surface area contributed by atoms with Crippen LogP contribution in [-0.2, 0) is 17.5 Å². The summed E-state index contributed by atoms with van der Waals surface area (Å²) in [5.74, 6) is -0.224. The number of halogens is 1. The van der Waals surface area contributed by atoms with Gasteiger partial charge < -0.3 is 15.0 Å². The molecule has 184 valence electrons. The number of nitrogens with zero attached hydrogens (tertiary/aromatic N) is 2. The topological polar surface area (TPSA) is 83.6 Å². The van der Waals surface area contributed by atoms with Crippen molar-refractivity contribution in [1.82, 2.24) is 15.0 Å². The molecule has 9 heteroatoms. The van der Waals surface area contributed by atoms with Gasteiger partial charge in [0, 0.05) is 43.1 Å². The van der Waals surface area contributed by atoms with Crippen molar-refractivity contribution >= 4 is 22.6 Å². The lowest BCUT2D eigenvalue weighted by Crippen LogP contribution is -2.40. The fourth-order valence-electron chi connectivity index (χ4n) is 3.94. The summed E-state index contributed by atoms with van der Waals surface area (Å²) in [7, 11) is -1.25. The predicted molar refractivity (Wildman–Crippen MR) is 135 cm³/mol. The molecule has 1 aromatic heterocycles. The first-order valence-corrected chi connectivity index (χ1v) is 12.6. The second kappa shape index (κ2) is 12.1. The van der Waals surface area contributed by atoms with Gasteiger partial charge in [0.1, 0.15) is 11.4 Å². The minimum atomic E-state index is -1.25. The van der Waals surface area contributed by atoms with Crippen molar-refractivity contribution in [1.29, 1.82) is 0 Å². The lowest BCUT2D eigenvalue weighted by atomic mass is 9.91. The van der Waals surface area contributed by atoms with E-state index in [9.17, 15) is 13.4 Å². The Hall–Kier alpha value is -2.80. The third-order valence-electron chi connectivity index (χ3n) is 5.38. The number of hydrogen-bond donors (Lipinski definition) is 2. The van der Waals surface area contributed by atoms with Gasteiger partial charge in [0.15, 0.2) is 0 Å². The largest absolute Gasteiger partial charge is 0.471 e. The van der Waals surface area contributed by atoms with Crippen LogP contribution in [-0.4, -0.2) is 40.0 Å². The van der Waals surface area contributed by atoms with Gasteiger partial charge in [-0.3, -0.25) is 4.79 Å². The quantitative estimate of drug-likeness (QED) is 0.553. The maximum absolute atomic E-state index is 14.6. The van der Waals surface area contributed by atoms with E-state index in [4.69, 9.17) is 4.74 Å². The molecule has 0 fully saturated rings. The van der Waals surface area contributed by atoms with Crippen LogP contribution in [0.3, 0.4) is 0 Å². The van der Waals surface area contributed by atoms with Crippen LogP contribution in [0.4, 0.5) is 10.1 Å². The zero-order chi connectivity index (χ0) is 25.5. The van der Waals surface area contributed by atoms with Crippen molar-refractivity contribution in [2.45, 2.75) is 52.3 Å². The number of pyridine rings is 1. The zero-order valence-corrected chi connectivity index (χ0v) is 21.2. The summed E-state index contributed by atoms with van der Waals surface area (Å²) >= 11 is 0. The van der Waals surface area contributed by atoms with Crippen LogP contribution < -0.4 is 19.7 Å². The number of carbonyl (C=O) groups is 1. The standard InChI is InChI=1S/C23H31FN4O3S.C2H2/c1-6-25-14-17-18(24)9-8-10-20(17)28(7-2)22(29)15-11-16-19(27-32(5)30)12-23(3,4)31-21(16)26-13-15;1-2/h8-11,13,19,25,27H,6-7,12,14H2,1-5H3;1-2H/t19-,32?;/m0./s1. The minimum absolute atomic E-state index is 0.270. The van der Waals surface area contributed by atoms with Gasteiger partial charge in [-0.05, 0) is 45.5 Å². The first-order chi connectivity index (χ1) is 16.2. The summed E-state index contributed by atoms with van der Waals surface area (Å²) in [6.45, 7) is 9.05. The van der Waals surface area contributed by atoms with E-state index < -0.39 is 16.6 Å². The Labute approximate surface area is 204 Å². The normalized spacial score (nSPS) is 16.9. The highest BCUT2D eigenvalue weighted by molar-refractivity contribution is 7.82. The number of anilines is 1. The van der Waals surface area contributed by atoms with Crippen LogP contribution in [0.1, 0.15) is 61.6 Å². The first-order valence-electron chi connectivity index (χ1n) is 11.1. The summed E-state index contributed by atoms with van der Waals surface area (Å²) in [5, 5.41) is 3.13. The molecule has 2 N–H and O–H groups in total. The number of rotatable bonds is 8. The molecular formula is C25H33FN4O3S. The van der Waals surface area contributed by atoms with Gasteiger partial charge >= 0.3 is 0 Å². The zero-order valence-electron chi connectivity index (χ0n) is 20.4. The van der Waals surface area contributed by atoms with Crippen LogP contribution in [0.15, 0.2) is 30.5 Å². The van der Waals surface area contributed by atoms with E-state index in [-0.39, 0.29) is 17.8 Å². The van der Waals surface area contributed by atoms with Crippen LogP contribution in [0, 0.1) is 18.7 Å². The molecule has 0 saturated heterocycles. The third kappa shape index (κ3) is 6.41. The molecule has 0 spiro atoms. The molecule has 1 aromatic carbocycles. The van der Waals surface area contributed by atoms with Crippen molar-refractivity contribution in [3.8, 4) is 18.7 Å². The lowest BCUT2D eigenvalue weighted by Gasteiger charge is -2.36. The first kappa shape index (κ1) is 27.4. The average Bonchev–Trinajstić information content (AvgIpc) is 2.79. The highest BCUT2D eigenvalue weighted by Gasteiger charge is 2.36. The number of amides is 1.